The highest BCUT2D eigenvalue weighted by Crippen LogP contribution is 2.57. The maximum absolute atomic E-state index is 12.9. The number of hydrogen-bond acceptors (Lipinski definition) is 6. The van der Waals surface area contributed by atoms with Crippen molar-refractivity contribution in [2.75, 3.05) is 25.6 Å². The fourth-order valence-electron chi connectivity index (χ4n) is 2.48. The normalized spacial score (nSPS) is 21.8. The number of hydrogen-bond donors (Lipinski definition) is 1. The standard InChI is InChI=1S/C15H22ClN2O5P/c1-4-21-24(20,22-5-2)14-10-13(23-18(14)3)15(19)17-12-9-7-6-8-11(12)16/h6-9,13-14H,4-5,10H2,1-3H3,(H,17,19)/t13-,14+/m0/s1. The van der Waals surface area contributed by atoms with E-state index in [1.165, 1.54) is 5.06 Å². The Morgan fingerprint density at radius 1 is 1.38 bits per heavy atom. The maximum Gasteiger partial charge on any atom is 0.350 e. The summed E-state index contributed by atoms with van der Waals surface area (Å²) >= 11 is 6.04. The second-order valence-corrected chi connectivity index (χ2v) is 7.80. The van der Waals surface area contributed by atoms with Gasteiger partial charge in [-0.15, -0.1) is 0 Å². The van der Waals surface area contributed by atoms with Crippen LogP contribution in [0.4, 0.5) is 5.69 Å². The van der Waals surface area contributed by atoms with E-state index >= 15 is 0 Å². The van der Waals surface area contributed by atoms with E-state index in [1.54, 1.807) is 45.2 Å². The molecule has 0 aromatic heterocycles. The Balaban J connectivity index is 2.08. The van der Waals surface area contributed by atoms with Crippen LogP contribution in [-0.2, 0) is 23.2 Å². The lowest BCUT2D eigenvalue weighted by molar-refractivity contribution is -0.155. The molecule has 0 aliphatic carbocycles. The fraction of sp³-hybridized carbons (Fsp3) is 0.533. The van der Waals surface area contributed by atoms with Gasteiger partial charge in [0.15, 0.2) is 6.10 Å². The molecule has 1 aliphatic rings. The van der Waals surface area contributed by atoms with E-state index < -0.39 is 19.5 Å². The van der Waals surface area contributed by atoms with Crippen LogP contribution in [-0.4, -0.2) is 43.1 Å². The lowest BCUT2D eigenvalue weighted by Crippen LogP contribution is -2.28. The predicted octanol–water partition coefficient (Wildman–Crippen LogP) is 3.51. The molecule has 134 valence electrons. The minimum Gasteiger partial charge on any atom is -0.322 e. The molecule has 0 spiro atoms. The molecule has 2 rings (SSSR count). The molecular weight excluding hydrogens is 355 g/mol. The van der Waals surface area contributed by atoms with Crippen molar-refractivity contribution in [1.82, 2.24) is 5.06 Å². The smallest absolute Gasteiger partial charge is 0.322 e. The van der Waals surface area contributed by atoms with Crippen molar-refractivity contribution in [2.45, 2.75) is 32.2 Å². The van der Waals surface area contributed by atoms with Crippen LogP contribution in [0.25, 0.3) is 0 Å². The molecule has 2 atom stereocenters. The number of nitrogens with zero attached hydrogens (tertiary/aromatic N) is 1. The number of para-hydroxylation sites is 1. The summed E-state index contributed by atoms with van der Waals surface area (Å²) in [5.41, 5.74) is 0.497. The second-order valence-electron chi connectivity index (χ2n) is 5.20. The molecule has 1 heterocycles. The van der Waals surface area contributed by atoms with Crippen LogP contribution in [0.15, 0.2) is 24.3 Å². The number of anilines is 1. The molecule has 1 fully saturated rings. The van der Waals surface area contributed by atoms with Gasteiger partial charge < -0.3 is 14.4 Å². The van der Waals surface area contributed by atoms with E-state index in [1.807, 2.05) is 0 Å². The largest absolute Gasteiger partial charge is 0.350 e. The highest BCUT2D eigenvalue weighted by Gasteiger charge is 2.48. The summed E-state index contributed by atoms with van der Waals surface area (Å²) in [5.74, 6) is -1.00. The molecule has 7 nitrogen and oxygen atoms in total. The molecule has 1 aromatic rings. The third-order valence-corrected chi connectivity index (χ3v) is 6.38. The average molecular weight is 377 g/mol. The number of nitrogens with one attached hydrogen (secondary N) is 1. The molecule has 0 radical (unpaired) electrons. The minimum absolute atomic E-state index is 0.198. The minimum atomic E-state index is -3.40. The van der Waals surface area contributed by atoms with Crippen molar-refractivity contribution in [3.8, 4) is 0 Å². The van der Waals surface area contributed by atoms with Gasteiger partial charge in [-0.2, -0.15) is 5.06 Å². The van der Waals surface area contributed by atoms with Gasteiger partial charge in [-0.05, 0) is 26.0 Å². The zero-order valence-electron chi connectivity index (χ0n) is 13.9. The first-order valence-corrected chi connectivity index (χ1v) is 9.74. The predicted molar refractivity (Wildman–Crippen MR) is 92.0 cm³/mol. The van der Waals surface area contributed by atoms with Crippen LogP contribution in [0, 0.1) is 0 Å². The summed E-state index contributed by atoms with van der Waals surface area (Å²) in [6, 6.07) is 6.92. The molecule has 0 bridgehead atoms. The maximum atomic E-state index is 12.9. The monoisotopic (exact) mass is 376 g/mol. The van der Waals surface area contributed by atoms with Crippen molar-refractivity contribution in [3.63, 3.8) is 0 Å². The molecule has 0 saturated carbocycles. The van der Waals surface area contributed by atoms with Crippen LogP contribution in [0.5, 0.6) is 0 Å². The van der Waals surface area contributed by atoms with Gasteiger partial charge in [-0.3, -0.25) is 14.2 Å². The van der Waals surface area contributed by atoms with E-state index in [0.717, 1.165) is 0 Å². The number of rotatable bonds is 7. The highest BCUT2D eigenvalue weighted by molar-refractivity contribution is 7.54. The summed E-state index contributed by atoms with van der Waals surface area (Å²) in [5, 5.41) is 4.53. The first-order valence-electron chi connectivity index (χ1n) is 7.75. The van der Waals surface area contributed by atoms with E-state index in [9.17, 15) is 9.36 Å². The van der Waals surface area contributed by atoms with Gasteiger partial charge in [0.1, 0.15) is 5.78 Å². The summed E-state index contributed by atoms with van der Waals surface area (Å²) in [6.45, 7) is 3.97. The van der Waals surface area contributed by atoms with Gasteiger partial charge >= 0.3 is 7.60 Å². The Bertz CT molecular complexity index is 620. The topological polar surface area (TPSA) is 77.1 Å². The van der Waals surface area contributed by atoms with E-state index in [2.05, 4.69) is 5.32 Å². The van der Waals surface area contributed by atoms with Crippen molar-refractivity contribution < 1.29 is 23.2 Å². The Morgan fingerprint density at radius 3 is 2.58 bits per heavy atom. The Kier molecular flexibility index (Phi) is 6.80. The van der Waals surface area contributed by atoms with Crippen LogP contribution in [0.2, 0.25) is 5.02 Å². The van der Waals surface area contributed by atoms with E-state index in [4.69, 9.17) is 25.5 Å². The zero-order chi connectivity index (χ0) is 17.7. The summed E-state index contributed by atoms with van der Waals surface area (Å²) in [6.07, 6.45) is -0.602. The average Bonchev–Trinajstić information content (AvgIpc) is 2.93. The zero-order valence-corrected chi connectivity index (χ0v) is 15.5. The number of carbonyl (C=O) groups excluding carboxylic acids is 1. The quantitative estimate of drug-likeness (QED) is 0.734. The van der Waals surface area contributed by atoms with Gasteiger partial charge in [-0.25, -0.2) is 0 Å². The number of carbonyl (C=O) groups is 1. The SMILES string of the molecule is CCOP(=O)(OCC)[C@@H]1C[C@@H](C(=O)Nc2ccccc2Cl)ON1C. The molecule has 1 amide bonds. The summed E-state index contributed by atoms with van der Waals surface area (Å²) in [7, 11) is -1.79. The van der Waals surface area contributed by atoms with Crippen molar-refractivity contribution in [1.29, 1.82) is 0 Å². The van der Waals surface area contributed by atoms with Crippen molar-refractivity contribution >= 4 is 30.8 Å². The lowest BCUT2D eigenvalue weighted by atomic mass is 10.2. The van der Waals surface area contributed by atoms with Crippen LogP contribution < -0.4 is 5.32 Å². The molecule has 0 unspecified atom stereocenters. The van der Waals surface area contributed by atoms with Crippen LogP contribution >= 0.6 is 19.2 Å². The van der Waals surface area contributed by atoms with E-state index in [0.29, 0.717) is 10.7 Å². The third-order valence-electron chi connectivity index (χ3n) is 3.55. The fourth-order valence-corrected chi connectivity index (χ4v) is 4.71. The van der Waals surface area contributed by atoms with Crippen LogP contribution in [0.1, 0.15) is 20.3 Å². The number of amides is 1. The Morgan fingerprint density at radius 2 is 2.00 bits per heavy atom. The van der Waals surface area contributed by atoms with Crippen molar-refractivity contribution in [3.05, 3.63) is 29.3 Å². The molecule has 1 saturated heterocycles. The molecular formula is C15H22ClN2O5P. The molecule has 1 N–H and O–H groups in total. The number of benzene rings is 1. The first kappa shape index (κ1) is 19.4. The van der Waals surface area contributed by atoms with Gasteiger partial charge in [0.25, 0.3) is 5.91 Å². The summed E-state index contributed by atoms with van der Waals surface area (Å²) < 4.78 is 23.6. The van der Waals surface area contributed by atoms with Crippen molar-refractivity contribution in [2.24, 2.45) is 0 Å². The molecule has 24 heavy (non-hydrogen) atoms. The number of hydroxylamine groups is 2. The van der Waals surface area contributed by atoms with Crippen LogP contribution in [0.3, 0.4) is 0 Å². The second kappa shape index (κ2) is 8.43. The molecule has 1 aromatic carbocycles. The van der Waals surface area contributed by atoms with Gasteiger partial charge in [0.2, 0.25) is 0 Å². The Hall–Kier alpha value is -0.950. The highest BCUT2D eigenvalue weighted by atomic mass is 35.5. The third kappa shape index (κ3) is 4.36. The van der Waals surface area contributed by atoms with Gasteiger partial charge in [0, 0.05) is 13.5 Å². The van der Waals surface area contributed by atoms with E-state index in [-0.39, 0.29) is 25.5 Å². The lowest BCUT2D eigenvalue weighted by Gasteiger charge is -2.25. The summed E-state index contributed by atoms with van der Waals surface area (Å²) in [4.78, 5) is 17.9. The number of halogens is 1. The van der Waals surface area contributed by atoms with Gasteiger partial charge in [0.05, 0.1) is 23.9 Å². The first-order chi connectivity index (χ1) is 11.4. The van der Waals surface area contributed by atoms with Gasteiger partial charge in [-0.1, -0.05) is 23.7 Å². The molecule has 9 heteroatoms. The molecule has 1 aliphatic heterocycles. The Labute approximate surface area is 146 Å².